The molecule has 0 N–H and O–H groups in total. The summed E-state index contributed by atoms with van der Waals surface area (Å²) in [6.45, 7) is 30.7. The minimum atomic E-state index is 1.10. The Balaban J connectivity index is -0.000000190. The third-order valence-corrected chi connectivity index (χ3v) is 2.57. The molecule has 1 rings (SSSR count). The topological polar surface area (TPSA) is 4.93 Å². The molecule has 0 unspecified atom stereocenters. The Morgan fingerprint density at radius 1 is 0.792 bits per heavy atom. The molecule has 24 heavy (non-hydrogen) atoms. The highest BCUT2D eigenvalue weighted by molar-refractivity contribution is 5.71. The molecule has 138 valence electrons. The maximum absolute atomic E-state index is 3.83. The Bertz CT molecular complexity index is 439. The van der Waals surface area contributed by atoms with Crippen molar-refractivity contribution >= 4 is 18.2 Å². The van der Waals surface area contributed by atoms with Gasteiger partial charge in [-0.1, -0.05) is 85.6 Å². The Morgan fingerprint density at radius 3 is 1.46 bits per heavy atom. The summed E-state index contributed by atoms with van der Waals surface area (Å²) in [6.07, 6.45) is 11.2. The van der Waals surface area contributed by atoms with Crippen LogP contribution in [0.4, 0.5) is 0 Å². The first-order valence-electron chi connectivity index (χ1n) is 8.89. The molecule has 0 aliphatic carbocycles. The first kappa shape index (κ1) is 29.9. The SMILES string of the molecule is C=C/C=C\c1c(C)c(C=C)c(C=C)n1C.C=CC.CC.CC.CC. The van der Waals surface area contributed by atoms with Gasteiger partial charge in [-0.3, -0.25) is 0 Å². The lowest BCUT2D eigenvalue weighted by Gasteiger charge is -2.00. The number of allylic oxidation sites excluding steroid dienone is 3. The summed E-state index contributed by atoms with van der Waals surface area (Å²) in [5.74, 6) is 0. The van der Waals surface area contributed by atoms with Crippen molar-refractivity contribution in [3.05, 3.63) is 67.1 Å². The van der Waals surface area contributed by atoms with E-state index in [1.54, 1.807) is 12.2 Å². The van der Waals surface area contributed by atoms with E-state index in [0.29, 0.717) is 0 Å². The van der Waals surface area contributed by atoms with Crippen molar-refractivity contribution in [1.82, 2.24) is 4.57 Å². The monoisotopic (exact) mass is 331 g/mol. The molecule has 0 radical (unpaired) electrons. The van der Waals surface area contributed by atoms with Crippen LogP contribution in [0.1, 0.15) is 71.0 Å². The zero-order chi connectivity index (χ0) is 20.1. The van der Waals surface area contributed by atoms with Crippen LogP contribution in [0.25, 0.3) is 18.2 Å². The average Bonchev–Trinajstić information content (AvgIpc) is 2.88. The number of hydrogen-bond acceptors (Lipinski definition) is 0. The van der Waals surface area contributed by atoms with E-state index >= 15 is 0 Å². The molecule has 0 aliphatic heterocycles. The maximum atomic E-state index is 3.83. The summed E-state index contributed by atoms with van der Waals surface area (Å²) in [4.78, 5) is 0. The minimum absolute atomic E-state index is 1.10. The molecule has 0 saturated heterocycles. The summed E-state index contributed by atoms with van der Waals surface area (Å²) in [5.41, 5.74) is 4.64. The van der Waals surface area contributed by atoms with Gasteiger partial charge in [0.1, 0.15) is 0 Å². The lowest BCUT2D eigenvalue weighted by Crippen LogP contribution is -1.93. The Kier molecular flexibility index (Phi) is 29.0. The predicted molar refractivity (Wildman–Crippen MR) is 119 cm³/mol. The molecule has 0 saturated carbocycles. The number of nitrogens with zero attached hydrogens (tertiary/aromatic N) is 1. The first-order chi connectivity index (χ1) is 11.6. The van der Waals surface area contributed by atoms with Gasteiger partial charge in [-0.15, -0.1) is 6.58 Å². The van der Waals surface area contributed by atoms with Gasteiger partial charge in [0.25, 0.3) is 0 Å². The van der Waals surface area contributed by atoms with Crippen molar-refractivity contribution in [2.45, 2.75) is 55.4 Å². The molecule has 1 aromatic rings. The minimum Gasteiger partial charge on any atom is -0.344 e. The van der Waals surface area contributed by atoms with Crippen molar-refractivity contribution in [3.8, 4) is 0 Å². The first-order valence-corrected chi connectivity index (χ1v) is 8.89. The molecular formula is C23H41N. The molecule has 0 spiro atoms. The van der Waals surface area contributed by atoms with Crippen LogP contribution < -0.4 is 0 Å². The standard InChI is InChI=1S/C14H17N.C3H6.3C2H6/c1-6-9-10-14-11(4)12(7-2)13(8-3)15(14)5;1-3-2;3*1-2/h6-10H,1-3H2,4-5H3;3H,1H2,2H3;3*1-2H3/b10-9-;;;;. The van der Waals surface area contributed by atoms with Crippen LogP contribution in [-0.4, -0.2) is 4.57 Å². The lowest BCUT2D eigenvalue weighted by atomic mass is 10.1. The summed E-state index contributed by atoms with van der Waals surface area (Å²) in [7, 11) is 2.03. The summed E-state index contributed by atoms with van der Waals surface area (Å²) in [6, 6.07) is 0. The van der Waals surface area contributed by atoms with Gasteiger partial charge in [0.15, 0.2) is 0 Å². The average molecular weight is 332 g/mol. The molecule has 0 amide bonds. The molecule has 1 aromatic heterocycles. The second-order valence-corrected chi connectivity index (χ2v) is 3.78. The maximum Gasteiger partial charge on any atom is 0.0479 e. The smallest absolute Gasteiger partial charge is 0.0479 e. The van der Waals surface area contributed by atoms with Crippen molar-refractivity contribution in [1.29, 1.82) is 0 Å². The largest absolute Gasteiger partial charge is 0.344 e. The van der Waals surface area contributed by atoms with Gasteiger partial charge in [-0.05, 0) is 31.6 Å². The van der Waals surface area contributed by atoms with Crippen molar-refractivity contribution < 1.29 is 0 Å². The normalized spacial score (nSPS) is 7.88. The van der Waals surface area contributed by atoms with E-state index in [1.807, 2.05) is 79.8 Å². The van der Waals surface area contributed by atoms with Crippen LogP contribution >= 0.6 is 0 Å². The Hall–Kier alpha value is -2.02. The van der Waals surface area contributed by atoms with E-state index < -0.39 is 0 Å². The van der Waals surface area contributed by atoms with Crippen LogP contribution in [0, 0.1) is 6.92 Å². The summed E-state index contributed by atoms with van der Waals surface area (Å²) in [5, 5.41) is 0. The third kappa shape index (κ3) is 10.7. The van der Waals surface area contributed by atoms with E-state index in [-0.39, 0.29) is 0 Å². The second-order valence-electron chi connectivity index (χ2n) is 3.78. The molecule has 0 aromatic carbocycles. The van der Waals surface area contributed by atoms with Gasteiger partial charge in [-0.2, -0.15) is 0 Å². The molecule has 1 nitrogen and oxygen atoms in total. The van der Waals surface area contributed by atoms with Gasteiger partial charge in [0, 0.05) is 24.0 Å². The highest BCUT2D eigenvalue weighted by Gasteiger charge is 2.11. The van der Waals surface area contributed by atoms with E-state index in [1.165, 1.54) is 11.3 Å². The quantitative estimate of drug-likeness (QED) is 0.388. The molecule has 0 aliphatic rings. The van der Waals surface area contributed by atoms with Crippen LogP contribution in [-0.2, 0) is 7.05 Å². The van der Waals surface area contributed by atoms with E-state index in [9.17, 15) is 0 Å². The molecule has 1 heteroatoms. The van der Waals surface area contributed by atoms with Gasteiger partial charge >= 0.3 is 0 Å². The Morgan fingerprint density at radius 2 is 1.21 bits per heavy atom. The van der Waals surface area contributed by atoms with E-state index in [2.05, 4.69) is 37.8 Å². The van der Waals surface area contributed by atoms with Crippen LogP contribution in [0.5, 0.6) is 0 Å². The van der Waals surface area contributed by atoms with E-state index in [0.717, 1.165) is 11.3 Å². The van der Waals surface area contributed by atoms with Crippen LogP contribution in [0.15, 0.2) is 44.5 Å². The fraction of sp³-hybridized carbons (Fsp3) is 0.391. The fourth-order valence-electron chi connectivity index (χ4n) is 1.79. The second kappa shape index (κ2) is 23.2. The van der Waals surface area contributed by atoms with E-state index in [4.69, 9.17) is 0 Å². The molecule has 0 fully saturated rings. The van der Waals surface area contributed by atoms with Crippen molar-refractivity contribution in [2.24, 2.45) is 7.05 Å². The van der Waals surface area contributed by atoms with Crippen LogP contribution in [0.3, 0.4) is 0 Å². The fourth-order valence-corrected chi connectivity index (χ4v) is 1.79. The van der Waals surface area contributed by atoms with Crippen LogP contribution in [0.2, 0.25) is 0 Å². The van der Waals surface area contributed by atoms with Crippen molar-refractivity contribution in [3.63, 3.8) is 0 Å². The van der Waals surface area contributed by atoms with Gasteiger partial charge in [-0.25, -0.2) is 0 Å². The molecule has 0 bridgehead atoms. The zero-order valence-corrected chi connectivity index (χ0v) is 17.7. The third-order valence-electron chi connectivity index (χ3n) is 2.57. The number of rotatable bonds is 4. The number of hydrogen-bond donors (Lipinski definition) is 0. The highest BCUT2D eigenvalue weighted by atomic mass is 15.0. The molecule has 1 heterocycles. The molecule has 0 atom stereocenters. The summed E-state index contributed by atoms with van der Waals surface area (Å²) < 4.78 is 2.11. The summed E-state index contributed by atoms with van der Waals surface area (Å²) >= 11 is 0. The van der Waals surface area contributed by atoms with Crippen molar-refractivity contribution in [2.75, 3.05) is 0 Å². The molecular weight excluding hydrogens is 290 g/mol. The zero-order valence-electron chi connectivity index (χ0n) is 17.7. The van der Waals surface area contributed by atoms with Gasteiger partial charge < -0.3 is 4.57 Å². The van der Waals surface area contributed by atoms with Gasteiger partial charge in [0.05, 0.1) is 0 Å². The highest BCUT2D eigenvalue weighted by Crippen LogP contribution is 2.24. The number of aromatic nitrogens is 1. The predicted octanol–water partition coefficient (Wildman–Crippen LogP) is 8.09. The Labute approximate surface area is 152 Å². The lowest BCUT2D eigenvalue weighted by molar-refractivity contribution is 0.899. The van der Waals surface area contributed by atoms with Gasteiger partial charge in [0.2, 0.25) is 0 Å².